The lowest BCUT2D eigenvalue weighted by molar-refractivity contribution is -0.150. The van der Waals surface area contributed by atoms with Crippen molar-refractivity contribution in [2.45, 2.75) is 63.2 Å². The molecule has 10 nitrogen and oxygen atoms in total. The van der Waals surface area contributed by atoms with Gasteiger partial charge < -0.3 is 34.7 Å². The molecule has 3 heterocycles. The molecule has 3 amide bonds. The van der Waals surface area contributed by atoms with Gasteiger partial charge in [-0.15, -0.1) is 0 Å². The second-order valence-electron chi connectivity index (χ2n) is 16.6. The van der Waals surface area contributed by atoms with E-state index in [0.29, 0.717) is 30.0 Å². The van der Waals surface area contributed by atoms with E-state index >= 15 is 4.79 Å². The van der Waals surface area contributed by atoms with E-state index in [1.54, 1.807) is 16.9 Å². The summed E-state index contributed by atoms with van der Waals surface area (Å²) in [5.41, 5.74) is 4.08. The zero-order valence-corrected chi connectivity index (χ0v) is 35.6. The Morgan fingerprint density at radius 3 is 2.30 bits per heavy atom. The van der Waals surface area contributed by atoms with Crippen LogP contribution in [0.2, 0.25) is 18.6 Å². The van der Waals surface area contributed by atoms with Gasteiger partial charge in [-0.25, -0.2) is 0 Å². The van der Waals surface area contributed by atoms with Crippen molar-refractivity contribution in [1.82, 2.24) is 9.88 Å². The largest absolute Gasteiger partial charge is 0.497 e. The number of nitrogens with one attached hydrogen (secondary N) is 2. The van der Waals surface area contributed by atoms with Crippen LogP contribution in [0.1, 0.15) is 35.6 Å². The minimum Gasteiger partial charge on any atom is -0.497 e. The van der Waals surface area contributed by atoms with Crippen molar-refractivity contribution >= 4 is 53.3 Å². The van der Waals surface area contributed by atoms with Gasteiger partial charge >= 0.3 is 0 Å². The van der Waals surface area contributed by atoms with Crippen molar-refractivity contribution in [2.24, 2.45) is 5.92 Å². The van der Waals surface area contributed by atoms with E-state index in [-0.39, 0.29) is 55.2 Å². The molecule has 11 heteroatoms. The molecule has 1 saturated heterocycles. The molecule has 0 unspecified atom stereocenters. The molecule has 0 bridgehead atoms. The van der Waals surface area contributed by atoms with Crippen molar-refractivity contribution in [1.29, 1.82) is 0 Å². The third-order valence-electron chi connectivity index (χ3n) is 12.6. The fourth-order valence-electron chi connectivity index (χ4n) is 9.69. The SMILES string of the molecule is COc1ccc([Si](C)(C)[C@@H]2[C@@H](CC(=O)N(CCO)Cc3ccccc3)O[C@]3(C(=O)N(Cc4ccccc4)c4ccc(NC(=O)Cc5c[nH]c6ccccc56)cc43)[C@H]2C)cc1. The fourth-order valence-corrected chi connectivity index (χ4v) is 13.7. The third kappa shape index (κ3) is 7.64. The van der Waals surface area contributed by atoms with Crippen LogP contribution in [0.4, 0.5) is 11.4 Å². The number of H-pyrrole nitrogens is 1. The summed E-state index contributed by atoms with van der Waals surface area (Å²) < 4.78 is 12.8. The molecule has 3 N–H and O–H groups in total. The van der Waals surface area contributed by atoms with Gasteiger partial charge in [0.2, 0.25) is 11.8 Å². The first kappa shape index (κ1) is 40.8. The number of para-hydroxylation sites is 1. The number of aliphatic hydroxyl groups is 1. The van der Waals surface area contributed by atoms with Gasteiger partial charge in [-0.05, 0) is 58.6 Å². The molecule has 308 valence electrons. The lowest BCUT2D eigenvalue weighted by atomic mass is 9.82. The molecule has 0 aliphatic carbocycles. The molecule has 1 fully saturated rings. The lowest BCUT2D eigenvalue weighted by Crippen LogP contribution is -2.52. The Labute approximate surface area is 352 Å². The number of carbonyl (C=O) groups excluding carboxylic acids is 3. The van der Waals surface area contributed by atoms with Crippen molar-refractivity contribution in [2.75, 3.05) is 30.5 Å². The fraction of sp³-hybridized carbons (Fsp3) is 0.286. The van der Waals surface area contributed by atoms with Crippen LogP contribution in [-0.4, -0.2) is 67.2 Å². The van der Waals surface area contributed by atoms with E-state index in [9.17, 15) is 14.7 Å². The minimum absolute atomic E-state index is 0.0263. The van der Waals surface area contributed by atoms with Crippen molar-refractivity contribution in [3.05, 3.63) is 156 Å². The molecule has 2 aliphatic heterocycles. The number of ether oxygens (including phenoxy) is 2. The molecule has 1 spiro atoms. The Balaban J connectivity index is 1.19. The number of aliphatic hydroxyl groups excluding tert-OH is 1. The number of carbonyl (C=O) groups is 3. The van der Waals surface area contributed by atoms with Gasteiger partial charge in [0.25, 0.3) is 5.91 Å². The summed E-state index contributed by atoms with van der Waals surface area (Å²) >= 11 is 0. The third-order valence-corrected chi connectivity index (χ3v) is 17.0. The topological polar surface area (TPSA) is 124 Å². The number of anilines is 2. The minimum atomic E-state index is -2.59. The summed E-state index contributed by atoms with van der Waals surface area (Å²) in [5, 5.41) is 15.4. The maximum atomic E-state index is 15.5. The van der Waals surface area contributed by atoms with Gasteiger partial charge in [0.1, 0.15) is 5.75 Å². The number of benzene rings is 5. The molecule has 60 heavy (non-hydrogen) atoms. The first-order chi connectivity index (χ1) is 29.0. The van der Waals surface area contributed by atoms with Gasteiger partial charge in [0.05, 0.1) is 53.0 Å². The van der Waals surface area contributed by atoms with Crippen LogP contribution in [0.25, 0.3) is 10.9 Å². The van der Waals surface area contributed by atoms with Crippen molar-refractivity contribution in [3.63, 3.8) is 0 Å². The highest BCUT2D eigenvalue weighted by atomic mass is 28.3. The molecule has 1 aromatic heterocycles. The zero-order chi connectivity index (χ0) is 42.0. The van der Waals surface area contributed by atoms with Crippen LogP contribution in [0, 0.1) is 5.92 Å². The molecular weight excluding hydrogens is 769 g/mol. The first-order valence-electron chi connectivity index (χ1n) is 20.6. The van der Waals surface area contributed by atoms with Gasteiger partial charge in [0.15, 0.2) is 5.60 Å². The first-order valence-corrected chi connectivity index (χ1v) is 23.7. The standard InChI is InChI=1S/C49H52N4O6Si/c1-33-47(60(3,4)39-22-20-38(58-2)21-23-39)44(29-46(56)52(25-26-54)31-34-13-7-5-8-14-34)59-49(33)41-28-37(51-45(55)27-36-30-50-42-18-12-11-17-40(36)42)19-24-43(41)53(48(49)57)32-35-15-9-6-10-16-35/h5-24,28,30,33,44,47,50,54H,25-27,29,31-32H2,1-4H3,(H,51,55)/t33-,44+,47-,49+/m0/s1. The summed E-state index contributed by atoms with van der Waals surface area (Å²) in [4.78, 5) is 50.4. The Kier molecular flexibility index (Phi) is 11.5. The zero-order valence-electron chi connectivity index (χ0n) is 34.6. The average molecular weight is 821 g/mol. The number of hydrogen-bond donors (Lipinski definition) is 3. The number of methoxy groups -OCH3 is 1. The predicted molar refractivity (Wildman–Crippen MR) is 238 cm³/mol. The number of aromatic amines is 1. The highest BCUT2D eigenvalue weighted by Gasteiger charge is 2.66. The molecule has 4 atom stereocenters. The number of fused-ring (bicyclic) bond motifs is 3. The highest BCUT2D eigenvalue weighted by Crippen LogP contribution is 2.60. The second kappa shape index (κ2) is 16.9. The Morgan fingerprint density at radius 1 is 0.917 bits per heavy atom. The highest BCUT2D eigenvalue weighted by molar-refractivity contribution is 6.91. The maximum Gasteiger partial charge on any atom is 0.264 e. The van der Waals surface area contributed by atoms with Crippen LogP contribution >= 0.6 is 0 Å². The monoisotopic (exact) mass is 820 g/mol. The van der Waals surface area contributed by atoms with E-state index in [2.05, 4.69) is 42.5 Å². The number of aromatic nitrogens is 1. The van der Waals surface area contributed by atoms with Crippen molar-refractivity contribution in [3.8, 4) is 5.75 Å². The molecule has 8 rings (SSSR count). The van der Waals surface area contributed by atoms with Gasteiger partial charge in [-0.2, -0.15) is 0 Å². The van der Waals surface area contributed by atoms with Crippen LogP contribution in [-0.2, 0) is 44.2 Å². The van der Waals surface area contributed by atoms with Gasteiger partial charge in [-0.3, -0.25) is 14.4 Å². The molecule has 5 aromatic carbocycles. The summed E-state index contributed by atoms with van der Waals surface area (Å²) in [5.74, 6) is -0.150. The van der Waals surface area contributed by atoms with Crippen LogP contribution in [0.3, 0.4) is 0 Å². The van der Waals surface area contributed by atoms with Gasteiger partial charge in [0, 0.05) is 47.4 Å². The van der Waals surface area contributed by atoms with Crippen molar-refractivity contribution < 1.29 is 29.0 Å². The maximum absolute atomic E-state index is 15.5. The number of rotatable bonds is 14. The van der Waals surface area contributed by atoms with Crippen LogP contribution in [0.5, 0.6) is 5.75 Å². The number of hydrogen-bond acceptors (Lipinski definition) is 6. The molecular formula is C49H52N4O6Si. The van der Waals surface area contributed by atoms with E-state index in [4.69, 9.17) is 9.47 Å². The molecule has 6 aromatic rings. The normalized spacial score (nSPS) is 19.8. The lowest BCUT2D eigenvalue weighted by Gasteiger charge is -2.37. The number of amides is 3. The quantitative estimate of drug-likeness (QED) is 0.0977. The molecule has 0 saturated carbocycles. The average Bonchev–Trinajstić information content (AvgIpc) is 3.87. The van der Waals surface area contributed by atoms with E-state index in [0.717, 1.165) is 38.5 Å². The van der Waals surface area contributed by atoms with Gasteiger partial charge in [-0.1, -0.05) is 116 Å². The molecule has 2 aliphatic rings. The Bertz CT molecular complexity index is 2490. The summed E-state index contributed by atoms with van der Waals surface area (Å²) in [6, 6.07) is 41.3. The van der Waals surface area contributed by atoms with E-state index in [1.165, 1.54) is 0 Å². The predicted octanol–water partition coefficient (Wildman–Crippen LogP) is 7.53. The summed E-state index contributed by atoms with van der Waals surface area (Å²) in [6.45, 7) is 7.31. The van der Waals surface area contributed by atoms with Crippen LogP contribution < -0.4 is 20.1 Å². The Hall–Kier alpha value is -6.01. The summed E-state index contributed by atoms with van der Waals surface area (Å²) in [6.07, 6.45) is 1.42. The van der Waals surface area contributed by atoms with E-state index in [1.807, 2.05) is 121 Å². The van der Waals surface area contributed by atoms with Crippen LogP contribution in [0.15, 0.2) is 134 Å². The Morgan fingerprint density at radius 2 is 1.60 bits per heavy atom. The second-order valence-corrected chi connectivity index (χ2v) is 21.3. The molecule has 0 radical (unpaired) electrons. The smallest absolute Gasteiger partial charge is 0.264 e. The van der Waals surface area contributed by atoms with E-state index < -0.39 is 19.8 Å². The summed E-state index contributed by atoms with van der Waals surface area (Å²) in [7, 11) is -0.941. The number of nitrogens with zero attached hydrogens (tertiary/aromatic N) is 2.